The lowest BCUT2D eigenvalue weighted by Gasteiger charge is -2.18. The Morgan fingerprint density at radius 3 is 1.38 bits per heavy atom. The zero-order valence-corrected chi connectivity index (χ0v) is 24.5. The highest BCUT2D eigenvalue weighted by atomic mass is 31.2. The number of esters is 2. The summed E-state index contributed by atoms with van der Waals surface area (Å²) < 4.78 is 26.0. The minimum absolute atomic E-state index is 0.216. The van der Waals surface area contributed by atoms with Gasteiger partial charge in [-0.05, 0) is 12.8 Å². The number of phosphoric acid groups is 1. The first-order chi connectivity index (χ1) is 17.8. The number of carbonyl (C=O) groups excluding carboxylic acids is 2. The fourth-order valence-electron chi connectivity index (χ4n) is 4.14. The summed E-state index contributed by atoms with van der Waals surface area (Å²) in [5.74, 6) is -0.886. The average molecular weight is 551 g/mol. The fourth-order valence-corrected chi connectivity index (χ4v) is 4.50. The van der Waals surface area contributed by atoms with E-state index in [1.807, 2.05) is 0 Å². The van der Waals surface area contributed by atoms with Crippen LogP contribution in [0.2, 0.25) is 0 Å². The van der Waals surface area contributed by atoms with E-state index in [4.69, 9.17) is 19.3 Å². The average Bonchev–Trinajstić information content (AvgIpc) is 2.85. The molecule has 220 valence electrons. The molecule has 8 nitrogen and oxygen atoms in total. The zero-order chi connectivity index (χ0) is 27.6. The van der Waals surface area contributed by atoms with Crippen molar-refractivity contribution in [3.05, 3.63) is 0 Å². The lowest BCUT2D eigenvalue weighted by molar-refractivity contribution is -0.161. The first-order valence-corrected chi connectivity index (χ1v) is 16.4. The van der Waals surface area contributed by atoms with Gasteiger partial charge in [0.15, 0.2) is 6.10 Å². The van der Waals surface area contributed by atoms with Gasteiger partial charge in [-0.3, -0.25) is 14.1 Å². The van der Waals surface area contributed by atoms with Crippen molar-refractivity contribution in [1.82, 2.24) is 0 Å². The Balaban J connectivity index is 4.04. The topological polar surface area (TPSA) is 119 Å². The predicted molar refractivity (Wildman–Crippen MR) is 147 cm³/mol. The first-order valence-electron chi connectivity index (χ1n) is 14.8. The summed E-state index contributed by atoms with van der Waals surface area (Å²) in [5, 5.41) is 0. The van der Waals surface area contributed by atoms with Crippen molar-refractivity contribution in [1.29, 1.82) is 0 Å². The summed E-state index contributed by atoms with van der Waals surface area (Å²) in [6.07, 6.45) is 21.3. The molecular weight excluding hydrogens is 495 g/mol. The van der Waals surface area contributed by atoms with E-state index in [0.29, 0.717) is 6.42 Å². The quantitative estimate of drug-likeness (QED) is 0.0604. The second kappa shape index (κ2) is 25.3. The van der Waals surface area contributed by atoms with Crippen LogP contribution < -0.4 is 0 Å². The Morgan fingerprint density at radius 1 is 0.595 bits per heavy atom. The molecule has 9 heteroatoms. The van der Waals surface area contributed by atoms with Crippen molar-refractivity contribution >= 4 is 19.8 Å². The van der Waals surface area contributed by atoms with Crippen LogP contribution in [-0.4, -0.2) is 41.0 Å². The third-order valence-electron chi connectivity index (χ3n) is 6.38. The molecule has 0 fully saturated rings. The maximum absolute atomic E-state index is 12.2. The molecule has 0 unspecified atom stereocenters. The van der Waals surface area contributed by atoms with E-state index >= 15 is 0 Å². The molecule has 0 saturated carbocycles. The molecule has 0 aliphatic rings. The summed E-state index contributed by atoms with van der Waals surface area (Å²) in [4.78, 5) is 42.2. The molecule has 0 heterocycles. The molecule has 0 rings (SSSR count). The molecule has 0 radical (unpaired) electrons. The van der Waals surface area contributed by atoms with Crippen LogP contribution in [0.4, 0.5) is 0 Å². The van der Waals surface area contributed by atoms with Crippen LogP contribution in [0.3, 0.4) is 0 Å². The van der Waals surface area contributed by atoms with Crippen molar-refractivity contribution in [3.8, 4) is 0 Å². The number of ether oxygens (including phenoxy) is 2. The van der Waals surface area contributed by atoms with Gasteiger partial charge in [-0.2, -0.15) is 0 Å². The van der Waals surface area contributed by atoms with Gasteiger partial charge in [-0.25, -0.2) is 4.57 Å². The second-order valence-corrected chi connectivity index (χ2v) is 11.3. The molecule has 0 saturated heterocycles. The van der Waals surface area contributed by atoms with Crippen molar-refractivity contribution in [2.24, 2.45) is 0 Å². The van der Waals surface area contributed by atoms with Gasteiger partial charge in [0.05, 0.1) is 6.61 Å². The number of hydrogen-bond donors (Lipinski definition) is 2. The van der Waals surface area contributed by atoms with Crippen molar-refractivity contribution in [3.63, 3.8) is 0 Å². The maximum Gasteiger partial charge on any atom is 0.469 e. The highest BCUT2D eigenvalue weighted by molar-refractivity contribution is 7.46. The minimum atomic E-state index is -4.73. The molecule has 0 aromatic heterocycles. The zero-order valence-electron chi connectivity index (χ0n) is 23.6. The van der Waals surface area contributed by atoms with Crippen molar-refractivity contribution in [2.75, 3.05) is 13.2 Å². The Morgan fingerprint density at radius 2 is 0.973 bits per heavy atom. The Labute approximate surface area is 225 Å². The molecule has 37 heavy (non-hydrogen) atoms. The van der Waals surface area contributed by atoms with E-state index in [0.717, 1.165) is 38.5 Å². The van der Waals surface area contributed by atoms with E-state index in [1.54, 1.807) is 0 Å². The molecular formula is C28H55O8P. The Kier molecular flexibility index (Phi) is 24.7. The van der Waals surface area contributed by atoms with E-state index < -0.39 is 32.5 Å². The summed E-state index contributed by atoms with van der Waals surface area (Å²) in [6.45, 7) is 3.60. The lowest BCUT2D eigenvalue weighted by Crippen LogP contribution is -2.29. The van der Waals surface area contributed by atoms with E-state index in [-0.39, 0.29) is 19.4 Å². The highest BCUT2D eigenvalue weighted by Crippen LogP contribution is 2.35. The predicted octanol–water partition coefficient (Wildman–Crippen LogP) is 7.78. The largest absolute Gasteiger partial charge is 0.469 e. The van der Waals surface area contributed by atoms with Crippen molar-refractivity contribution < 1.29 is 37.9 Å². The monoisotopic (exact) mass is 550 g/mol. The molecule has 0 aliphatic heterocycles. The van der Waals surface area contributed by atoms with Gasteiger partial charge in [0, 0.05) is 12.8 Å². The smallest absolute Gasteiger partial charge is 0.462 e. The molecule has 0 spiro atoms. The van der Waals surface area contributed by atoms with Crippen LogP contribution in [0.5, 0.6) is 0 Å². The van der Waals surface area contributed by atoms with Gasteiger partial charge in [-0.15, -0.1) is 0 Å². The normalized spacial score (nSPS) is 12.4. The summed E-state index contributed by atoms with van der Waals surface area (Å²) in [5.41, 5.74) is 0. The molecule has 2 N–H and O–H groups in total. The number of hydrogen-bond acceptors (Lipinski definition) is 6. The third-order valence-corrected chi connectivity index (χ3v) is 6.86. The van der Waals surface area contributed by atoms with Crippen LogP contribution in [0.1, 0.15) is 149 Å². The highest BCUT2D eigenvalue weighted by Gasteiger charge is 2.22. The molecule has 1 atom stereocenters. The minimum Gasteiger partial charge on any atom is -0.462 e. The number of phosphoric ester groups is 1. The van der Waals surface area contributed by atoms with Gasteiger partial charge in [0.2, 0.25) is 0 Å². The molecule has 0 amide bonds. The number of rotatable bonds is 27. The van der Waals surface area contributed by atoms with Crippen LogP contribution in [0, 0.1) is 0 Å². The van der Waals surface area contributed by atoms with Crippen LogP contribution in [0.25, 0.3) is 0 Å². The van der Waals surface area contributed by atoms with E-state index in [2.05, 4.69) is 18.4 Å². The molecule has 0 aromatic carbocycles. The molecule has 0 aliphatic carbocycles. The Hall–Kier alpha value is -0.950. The van der Waals surface area contributed by atoms with Gasteiger partial charge >= 0.3 is 19.8 Å². The molecule has 0 bridgehead atoms. The van der Waals surface area contributed by atoms with Crippen LogP contribution >= 0.6 is 7.82 Å². The van der Waals surface area contributed by atoms with Gasteiger partial charge < -0.3 is 19.3 Å². The van der Waals surface area contributed by atoms with E-state index in [1.165, 1.54) is 77.0 Å². The first kappa shape index (κ1) is 36.0. The fraction of sp³-hybridized carbons (Fsp3) is 0.929. The lowest BCUT2D eigenvalue weighted by atomic mass is 10.1. The SMILES string of the molecule is CCCCCCCCCCCCCC(=O)OC[C@H](COP(=O)(O)O)OC(=O)CCCCCCCCCC. The van der Waals surface area contributed by atoms with Gasteiger partial charge in [0.25, 0.3) is 0 Å². The van der Waals surface area contributed by atoms with Crippen LogP contribution in [0.15, 0.2) is 0 Å². The number of unbranched alkanes of at least 4 members (excludes halogenated alkanes) is 17. The summed E-state index contributed by atoms with van der Waals surface area (Å²) >= 11 is 0. The maximum atomic E-state index is 12.2. The summed E-state index contributed by atoms with van der Waals surface area (Å²) in [6, 6.07) is 0. The van der Waals surface area contributed by atoms with Gasteiger partial charge in [-0.1, -0.05) is 123 Å². The van der Waals surface area contributed by atoms with Crippen LogP contribution in [-0.2, 0) is 28.2 Å². The summed E-state index contributed by atoms with van der Waals surface area (Å²) in [7, 11) is -4.73. The van der Waals surface area contributed by atoms with Gasteiger partial charge in [0.1, 0.15) is 6.61 Å². The Bertz CT molecular complexity index is 593. The van der Waals surface area contributed by atoms with E-state index in [9.17, 15) is 14.2 Å². The standard InChI is InChI=1S/C28H55O8P/c1-3-5-7-9-11-13-14-15-17-18-20-22-27(29)34-24-26(25-35-37(31,32)33)36-28(30)23-21-19-16-12-10-8-6-4-2/h26H,3-25H2,1-2H3,(H2,31,32,33)/t26-/m1/s1. The number of carbonyl (C=O) groups is 2. The third kappa shape index (κ3) is 27.9. The molecule has 0 aromatic rings. The second-order valence-electron chi connectivity index (χ2n) is 10.1. The van der Waals surface area contributed by atoms with Crippen molar-refractivity contribution in [2.45, 2.75) is 155 Å².